The average molecular weight is 507 g/mol. The van der Waals surface area contributed by atoms with E-state index in [1.165, 1.54) is 106 Å². The first-order chi connectivity index (χ1) is 17.5. The Morgan fingerprint density at radius 3 is 1.78 bits per heavy atom. The van der Waals surface area contributed by atoms with Crippen molar-refractivity contribution in [2.75, 3.05) is 0 Å². The van der Waals surface area contributed by atoms with Gasteiger partial charge in [0.2, 0.25) is 0 Å². The van der Waals surface area contributed by atoms with E-state index < -0.39 is 0 Å². The summed E-state index contributed by atoms with van der Waals surface area (Å²) in [6.45, 7) is 9.50. The lowest BCUT2D eigenvalue weighted by Gasteiger charge is -2.33. The number of unbranched alkanes of at least 4 members (excludes halogenated alkanes) is 1. The van der Waals surface area contributed by atoms with Crippen LogP contribution in [0, 0.1) is 23.7 Å². The lowest BCUT2D eigenvalue weighted by molar-refractivity contribution is 0.237. The molecule has 0 saturated heterocycles. The summed E-state index contributed by atoms with van der Waals surface area (Å²) in [7, 11) is 0. The van der Waals surface area contributed by atoms with E-state index in [0.717, 1.165) is 28.7 Å². The van der Waals surface area contributed by atoms with Crippen molar-refractivity contribution in [1.82, 2.24) is 0 Å². The predicted octanol–water partition coefficient (Wildman–Crippen LogP) is 11.8. The van der Waals surface area contributed by atoms with Crippen LogP contribution in [-0.4, -0.2) is 0 Å². The maximum atomic E-state index is 6.91. The first-order valence-corrected chi connectivity index (χ1v) is 15.8. The van der Waals surface area contributed by atoms with Crippen molar-refractivity contribution in [2.45, 2.75) is 123 Å². The van der Waals surface area contributed by atoms with Gasteiger partial charge in [-0.05, 0) is 89.5 Å². The van der Waals surface area contributed by atoms with E-state index in [1.807, 2.05) is 0 Å². The largest absolute Gasteiger partial charge is 0.0840 e. The van der Waals surface area contributed by atoms with Crippen molar-refractivity contribution in [1.29, 1.82) is 0 Å². The Balaban J connectivity index is 1.35. The van der Waals surface area contributed by atoms with Crippen molar-refractivity contribution < 1.29 is 0 Å². The molecule has 2 saturated carbocycles. The summed E-state index contributed by atoms with van der Waals surface area (Å²) in [5.41, 5.74) is 5.39. The summed E-state index contributed by atoms with van der Waals surface area (Å²) in [5.74, 6) is 4.79. The molecule has 4 rings (SSSR count). The highest BCUT2D eigenvalue weighted by molar-refractivity contribution is 6.31. The van der Waals surface area contributed by atoms with Gasteiger partial charge in [0, 0.05) is 5.02 Å². The summed E-state index contributed by atoms with van der Waals surface area (Å²) >= 11 is 6.91. The minimum Gasteiger partial charge on any atom is -0.0840 e. The van der Waals surface area contributed by atoms with Gasteiger partial charge in [-0.1, -0.05) is 133 Å². The van der Waals surface area contributed by atoms with E-state index in [1.54, 1.807) is 0 Å². The Bertz CT molecular complexity index is 912. The second kappa shape index (κ2) is 13.5. The van der Waals surface area contributed by atoms with Crippen LogP contribution in [0.25, 0.3) is 11.1 Å². The van der Waals surface area contributed by atoms with Crippen LogP contribution in [0.15, 0.2) is 42.5 Å². The molecule has 0 nitrogen and oxygen atoms in total. The molecular weight excluding hydrogens is 456 g/mol. The number of hydrogen-bond acceptors (Lipinski definition) is 0. The van der Waals surface area contributed by atoms with Gasteiger partial charge in [0.25, 0.3) is 0 Å². The van der Waals surface area contributed by atoms with Crippen LogP contribution < -0.4 is 0 Å². The molecule has 2 fully saturated rings. The highest BCUT2D eigenvalue weighted by Crippen LogP contribution is 2.43. The van der Waals surface area contributed by atoms with Crippen LogP contribution in [0.4, 0.5) is 0 Å². The second-order valence-electron chi connectivity index (χ2n) is 12.4. The molecule has 0 radical (unpaired) electrons. The molecule has 36 heavy (non-hydrogen) atoms. The minimum atomic E-state index is 0.550. The van der Waals surface area contributed by atoms with Crippen LogP contribution in [0.1, 0.15) is 134 Å². The standard InChI is InChI=1S/C35H51Cl/c1-5-7-9-28-12-16-31(17-13-28)26(4)34-23-22-33(24-35(34)36)32-20-18-30(19-21-32)25(3)29-14-10-27(8-6-2)11-15-29/h18-29,31H,5-17H2,1-4H3. The van der Waals surface area contributed by atoms with Crippen LogP contribution >= 0.6 is 11.6 Å². The molecule has 0 bridgehead atoms. The molecule has 2 aliphatic rings. The summed E-state index contributed by atoms with van der Waals surface area (Å²) in [4.78, 5) is 0. The first kappa shape index (κ1) is 27.8. The highest BCUT2D eigenvalue weighted by atomic mass is 35.5. The van der Waals surface area contributed by atoms with Gasteiger partial charge in [-0.2, -0.15) is 0 Å². The Hall–Kier alpha value is -1.27. The van der Waals surface area contributed by atoms with Crippen LogP contribution in [-0.2, 0) is 0 Å². The summed E-state index contributed by atoms with van der Waals surface area (Å²) in [6.07, 6.45) is 18.2. The molecule has 2 aromatic rings. The van der Waals surface area contributed by atoms with Gasteiger partial charge >= 0.3 is 0 Å². The number of benzene rings is 2. The average Bonchev–Trinajstić information content (AvgIpc) is 2.92. The quantitative estimate of drug-likeness (QED) is 0.300. The molecule has 0 amide bonds. The minimum absolute atomic E-state index is 0.550. The van der Waals surface area contributed by atoms with Crippen molar-refractivity contribution in [3.8, 4) is 11.1 Å². The maximum Gasteiger partial charge on any atom is 0.0446 e. The van der Waals surface area contributed by atoms with E-state index in [2.05, 4.69) is 70.2 Å². The van der Waals surface area contributed by atoms with Gasteiger partial charge < -0.3 is 0 Å². The highest BCUT2D eigenvalue weighted by Gasteiger charge is 2.28. The first-order valence-electron chi connectivity index (χ1n) is 15.4. The fraction of sp³-hybridized carbons (Fsp3) is 0.657. The van der Waals surface area contributed by atoms with Gasteiger partial charge in [0.1, 0.15) is 0 Å². The lowest BCUT2D eigenvalue weighted by Crippen LogP contribution is -2.19. The Morgan fingerprint density at radius 1 is 0.667 bits per heavy atom. The number of rotatable bonds is 10. The molecule has 0 spiro atoms. The molecule has 0 aliphatic heterocycles. The predicted molar refractivity (Wildman–Crippen MR) is 159 cm³/mol. The molecule has 0 aromatic heterocycles. The third-order valence-corrected chi connectivity index (χ3v) is 10.4. The van der Waals surface area contributed by atoms with Gasteiger partial charge in [0.05, 0.1) is 0 Å². The smallest absolute Gasteiger partial charge is 0.0446 e. The Morgan fingerprint density at radius 2 is 1.22 bits per heavy atom. The van der Waals surface area contributed by atoms with Gasteiger partial charge in [-0.3, -0.25) is 0 Å². The van der Waals surface area contributed by atoms with E-state index in [-0.39, 0.29) is 0 Å². The van der Waals surface area contributed by atoms with E-state index in [0.29, 0.717) is 11.8 Å². The third kappa shape index (κ3) is 6.98. The molecule has 1 heteroatoms. The molecule has 0 N–H and O–H groups in total. The number of halogens is 1. The van der Waals surface area contributed by atoms with Crippen molar-refractivity contribution in [3.63, 3.8) is 0 Å². The van der Waals surface area contributed by atoms with E-state index >= 15 is 0 Å². The maximum absolute atomic E-state index is 6.91. The Labute approximate surface area is 227 Å². The zero-order valence-corrected chi connectivity index (χ0v) is 24.3. The molecule has 2 aliphatic carbocycles. The van der Waals surface area contributed by atoms with Gasteiger partial charge in [0.15, 0.2) is 0 Å². The van der Waals surface area contributed by atoms with Crippen LogP contribution in [0.3, 0.4) is 0 Å². The molecule has 198 valence electrons. The third-order valence-electron chi connectivity index (χ3n) is 10.1. The van der Waals surface area contributed by atoms with Crippen LogP contribution in [0.5, 0.6) is 0 Å². The fourth-order valence-corrected chi connectivity index (χ4v) is 7.79. The van der Waals surface area contributed by atoms with Crippen molar-refractivity contribution >= 4 is 11.6 Å². The normalized spacial score (nSPS) is 26.5. The fourth-order valence-electron chi connectivity index (χ4n) is 7.44. The summed E-state index contributed by atoms with van der Waals surface area (Å²) < 4.78 is 0. The number of hydrogen-bond donors (Lipinski definition) is 0. The monoisotopic (exact) mass is 506 g/mol. The van der Waals surface area contributed by atoms with Crippen molar-refractivity contribution in [3.05, 3.63) is 58.6 Å². The second-order valence-corrected chi connectivity index (χ2v) is 12.8. The molecule has 0 heterocycles. The zero-order chi connectivity index (χ0) is 25.5. The molecule has 2 aromatic carbocycles. The Kier molecular flexibility index (Phi) is 10.4. The topological polar surface area (TPSA) is 0 Å². The van der Waals surface area contributed by atoms with Gasteiger partial charge in [-0.25, -0.2) is 0 Å². The van der Waals surface area contributed by atoms with E-state index in [4.69, 9.17) is 11.6 Å². The molecule has 2 unspecified atom stereocenters. The van der Waals surface area contributed by atoms with Crippen LogP contribution in [0.2, 0.25) is 5.02 Å². The summed E-state index contributed by atoms with van der Waals surface area (Å²) in [5, 5.41) is 0.953. The van der Waals surface area contributed by atoms with E-state index in [9.17, 15) is 0 Å². The van der Waals surface area contributed by atoms with Crippen molar-refractivity contribution in [2.24, 2.45) is 23.7 Å². The lowest BCUT2D eigenvalue weighted by atomic mass is 9.73. The molecular formula is C35H51Cl. The SMILES string of the molecule is CCCCC1CCC(C(C)c2ccc(-c3ccc(C(C)C4CCC(CCC)CC4)cc3)cc2Cl)CC1. The summed E-state index contributed by atoms with van der Waals surface area (Å²) in [6, 6.07) is 16.2. The van der Waals surface area contributed by atoms with Gasteiger partial charge in [-0.15, -0.1) is 0 Å². The molecule has 2 atom stereocenters. The zero-order valence-electron chi connectivity index (χ0n) is 23.6.